The van der Waals surface area contributed by atoms with E-state index in [0.717, 1.165) is 42.8 Å². The summed E-state index contributed by atoms with van der Waals surface area (Å²) in [6.45, 7) is 2.70. The maximum absolute atomic E-state index is 12.8. The number of pyridine rings is 1. The van der Waals surface area contributed by atoms with Crippen molar-refractivity contribution in [1.82, 2.24) is 14.9 Å². The highest BCUT2D eigenvalue weighted by Crippen LogP contribution is 2.28. The summed E-state index contributed by atoms with van der Waals surface area (Å²) in [6.07, 6.45) is 5.60. The van der Waals surface area contributed by atoms with Gasteiger partial charge in [-0.25, -0.2) is 9.97 Å². The highest BCUT2D eigenvalue weighted by molar-refractivity contribution is 7.13. The average Bonchev–Trinajstić information content (AvgIpc) is 3.29. The number of thiazole rings is 1. The highest BCUT2D eigenvalue weighted by Gasteiger charge is 2.30. The van der Waals surface area contributed by atoms with E-state index in [1.54, 1.807) is 6.20 Å². The van der Waals surface area contributed by atoms with Crippen LogP contribution in [0, 0.1) is 0 Å². The molecule has 0 saturated carbocycles. The van der Waals surface area contributed by atoms with Crippen LogP contribution in [-0.2, 0) is 4.74 Å². The van der Waals surface area contributed by atoms with Crippen LogP contribution in [-0.4, -0.2) is 53.2 Å². The van der Waals surface area contributed by atoms with Crippen molar-refractivity contribution in [2.45, 2.75) is 31.7 Å². The summed E-state index contributed by atoms with van der Waals surface area (Å²) in [4.78, 5) is 23.6. The molecule has 2 aliphatic heterocycles. The zero-order valence-corrected chi connectivity index (χ0v) is 14.8. The van der Waals surface area contributed by atoms with E-state index < -0.39 is 0 Å². The SMILES string of the molecule is O=C1c2csc(n2)-c2ccnc(c2)OCCCCOCC2CCCN12. The van der Waals surface area contributed by atoms with Crippen molar-refractivity contribution >= 4 is 17.2 Å². The fourth-order valence-electron chi connectivity index (χ4n) is 3.25. The van der Waals surface area contributed by atoms with Gasteiger partial charge < -0.3 is 14.4 Å². The van der Waals surface area contributed by atoms with Crippen LogP contribution in [0.2, 0.25) is 0 Å². The largest absolute Gasteiger partial charge is 0.478 e. The van der Waals surface area contributed by atoms with Gasteiger partial charge in [-0.05, 0) is 31.7 Å². The summed E-state index contributed by atoms with van der Waals surface area (Å²) in [5.41, 5.74) is 1.45. The minimum atomic E-state index is 0.00576. The minimum absolute atomic E-state index is 0.00576. The smallest absolute Gasteiger partial charge is 0.273 e. The third kappa shape index (κ3) is 3.67. The maximum atomic E-state index is 12.8. The van der Waals surface area contributed by atoms with Crippen molar-refractivity contribution in [1.29, 1.82) is 0 Å². The molecule has 4 rings (SSSR count). The highest BCUT2D eigenvalue weighted by atomic mass is 32.1. The van der Waals surface area contributed by atoms with Crippen molar-refractivity contribution < 1.29 is 14.3 Å². The van der Waals surface area contributed by atoms with E-state index in [2.05, 4.69) is 9.97 Å². The number of aromatic nitrogens is 2. The lowest BCUT2D eigenvalue weighted by molar-refractivity contribution is 0.0522. The van der Waals surface area contributed by atoms with E-state index in [9.17, 15) is 4.79 Å². The zero-order valence-electron chi connectivity index (χ0n) is 14.0. The topological polar surface area (TPSA) is 64.5 Å². The Morgan fingerprint density at radius 2 is 2.16 bits per heavy atom. The molecule has 1 saturated heterocycles. The molecule has 0 N–H and O–H groups in total. The van der Waals surface area contributed by atoms with E-state index >= 15 is 0 Å². The third-order valence-corrected chi connectivity index (χ3v) is 5.48. The van der Waals surface area contributed by atoms with Gasteiger partial charge in [-0.15, -0.1) is 11.3 Å². The predicted octanol–water partition coefficient (Wildman–Crippen LogP) is 3.00. The van der Waals surface area contributed by atoms with E-state index in [0.29, 0.717) is 31.4 Å². The van der Waals surface area contributed by atoms with Crippen molar-refractivity contribution in [3.63, 3.8) is 0 Å². The predicted molar refractivity (Wildman–Crippen MR) is 95.0 cm³/mol. The molecule has 4 heterocycles. The Balaban J connectivity index is 1.63. The fourth-order valence-corrected chi connectivity index (χ4v) is 4.04. The number of ether oxygens (including phenoxy) is 2. The summed E-state index contributed by atoms with van der Waals surface area (Å²) in [6, 6.07) is 3.94. The Hall–Kier alpha value is -1.99. The Morgan fingerprint density at radius 3 is 3.12 bits per heavy atom. The Labute approximate surface area is 150 Å². The number of rotatable bonds is 0. The fraction of sp³-hybridized carbons (Fsp3) is 0.500. The molecule has 25 heavy (non-hydrogen) atoms. The van der Waals surface area contributed by atoms with Crippen LogP contribution >= 0.6 is 11.3 Å². The molecule has 0 aliphatic carbocycles. The number of nitrogens with zero attached hydrogens (tertiary/aromatic N) is 3. The molecule has 0 spiro atoms. The van der Waals surface area contributed by atoms with Gasteiger partial charge in [0.1, 0.15) is 10.7 Å². The second kappa shape index (κ2) is 7.49. The molecule has 4 bridgehead atoms. The van der Waals surface area contributed by atoms with Crippen LogP contribution in [0.3, 0.4) is 0 Å². The molecule has 1 fully saturated rings. The average molecular weight is 359 g/mol. The summed E-state index contributed by atoms with van der Waals surface area (Å²) in [7, 11) is 0. The van der Waals surface area contributed by atoms with E-state index in [1.807, 2.05) is 22.4 Å². The van der Waals surface area contributed by atoms with Crippen molar-refractivity contribution in [2.24, 2.45) is 0 Å². The lowest BCUT2D eigenvalue weighted by Gasteiger charge is -2.24. The monoisotopic (exact) mass is 359 g/mol. The van der Waals surface area contributed by atoms with Gasteiger partial charge in [0.25, 0.3) is 5.91 Å². The van der Waals surface area contributed by atoms with Crippen LogP contribution in [0.5, 0.6) is 5.88 Å². The van der Waals surface area contributed by atoms with Crippen LogP contribution in [0.15, 0.2) is 23.7 Å². The van der Waals surface area contributed by atoms with Gasteiger partial charge in [0.05, 0.1) is 19.3 Å². The zero-order chi connectivity index (χ0) is 17.1. The van der Waals surface area contributed by atoms with Gasteiger partial charge in [0.2, 0.25) is 5.88 Å². The first-order valence-electron chi connectivity index (χ1n) is 8.75. The molecule has 7 heteroatoms. The Morgan fingerprint density at radius 1 is 1.24 bits per heavy atom. The minimum Gasteiger partial charge on any atom is -0.478 e. The summed E-state index contributed by atoms with van der Waals surface area (Å²) >= 11 is 1.48. The molecule has 0 aromatic carbocycles. The van der Waals surface area contributed by atoms with E-state index in [4.69, 9.17) is 9.47 Å². The van der Waals surface area contributed by atoms with Crippen molar-refractivity contribution in [2.75, 3.05) is 26.4 Å². The van der Waals surface area contributed by atoms with Crippen LogP contribution in [0.4, 0.5) is 0 Å². The Bertz CT molecular complexity index is 749. The summed E-state index contributed by atoms with van der Waals surface area (Å²) in [5, 5.41) is 2.65. The first-order chi connectivity index (χ1) is 12.3. The normalized spacial score (nSPS) is 21.7. The number of hydrogen-bond donors (Lipinski definition) is 0. The second-order valence-corrected chi connectivity index (χ2v) is 7.20. The maximum Gasteiger partial charge on any atom is 0.273 e. The first kappa shape index (κ1) is 16.5. The van der Waals surface area contributed by atoms with Gasteiger partial charge in [-0.3, -0.25) is 4.79 Å². The Kier molecular flexibility index (Phi) is 4.94. The summed E-state index contributed by atoms with van der Waals surface area (Å²) in [5.74, 6) is 0.597. The molecule has 1 amide bonds. The van der Waals surface area contributed by atoms with Gasteiger partial charge in [-0.1, -0.05) is 0 Å². The molecule has 6 nitrogen and oxygen atoms in total. The lowest BCUT2D eigenvalue weighted by atomic mass is 10.2. The number of fused-ring (bicyclic) bond motifs is 6. The van der Waals surface area contributed by atoms with Crippen LogP contribution in [0.25, 0.3) is 10.6 Å². The quantitative estimate of drug-likeness (QED) is 0.723. The molecule has 1 atom stereocenters. The van der Waals surface area contributed by atoms with Crippen LogP contribution in [0.1, 0.15) is 36.2 Å². The van der Waals surface area contributed by atoms with E-state index in [-0.39, 0.29) is 11.9 Å². The molecular weight excluding hydrogens is 338 g/mol. The third-order valence-electron chi connectivity index (χ3n) is 4.59. The molecule has 2 aromatic heterocycles. The second-order valence-electron chi connectivity index (χ2n) is 6.35. The molecule has 0 radical (unpaired) electrons. The molecular formula is C18H21N3O3S. The van der Waals surface area contributed by atoms with Crippen LogP contribution < -0.4 is 4.74 Å². The van der Waals surface area contributed by atoms with Gasteiger partial charge >= 0.3 is 0 Å². The number of carbonyl (C=O) groups excluding carboxylic acids is 1. The standard InChI is InChI=1S/C18H21N3O3S/c22-18-15-12-25-17(20-15)13-5-6-19-16(10-13)24-9-2-1-8-23-11-14-4-3-7-21(14)18/h5-6,10,12,14H,1-4,7-9,11H2. The summed E-state index contributed by atoms with van der Waals surface area (Å²) < 4.78 is 11.5. The molecule has 2 aromatic rings. The number of amides is 1. The van der Waals surface area contributed by atoms with Crippen molar-refractivity contribution in [3.8, 4) is 16.5 Å². The molecule has 1 unspecified atom stereocenters. The van der Waals surface area contributed by atoms with E-state index in [1.165, 1.54) is 11.3 Å². The number of hydrogen-bond acceptors (Lipinski definition) is 6. The lowest BCUT2D eigenvalue weighted by Crippen LogP contribution is -2.38. The molecule has 132 valence electrons. The van der Waals surface area contributed by atoms with Gasteiger partial charge in [0.15, 0.2) is 0 Å². The van der Waals surface area contributed by atoms with Crippen molar-refractivity contribution in [3.05, 3.63) is 29.4 Å². The number of carbonyl (C=O) groups is 1. The van der Waals surface area contributed by atoms with Gasteiger partial charge in [0, 0.05) is 36.4 Å². The first-order valence-corrected chi connectivity index (χ1v) is 9.63. The van der Waals surface area contributed by atoms with Gasteiger partial charge in [-0.2, -0.15) is 0 Å². The molecule has 2 aliphatic rings.